The maximum absolute atomic E-state index is 11.4. The van der Waals surface area contributed by atoms with Crippen molar-refractivity contribution in [2.45, 2.75) is 4.34 Å². The van der Waals surface area contributed by atoms with Crippen LogP contribution in [-0.4, -0.2) is 40.9 Å². The first-order chi connectivity index (χ1) is 8.88. The molecule has 100 valence electrons. The molecule has 0 aliphatic heterocycles. The molecule has 0 saturated carbocycles. The molecule has 2 aromatic heterocycles. The quantitative estimate of drug-likeness (QED) is 0.849. The highest BCUT2D eigenvalue weighted by molar-refractivity contribution is 7.92. The molecule has 0 spiro atoms. The predicted octanol–water partition coefficient (Wildman–Crippen LogP) is 0.778. The highest BCUT2D eigenvalue weighted by atomic mass is 32.2. The van der Waals surface area contributed by atoms with Gasteiger partial charge >= 0.3 is 5.97 Å². The molecule has 2 N–H and O–H groups in total. The van der Waals surface area contributed by atoms with Crippen molar-refractivity contribution < 1.29 is 18.3 Å². The van der Waals surface area contributed by atoms with Crippen LogP contribution >= 0.6 is 11.3 Å². The van der Waals surface area contributed by atoms with Crippen LogP contribution in [0.25, 0.3) is 0 Å². The SMILES string of the molecule is CS(=O)(=O)c1nc(C(=O)O)c(Nc2cccnn2)s1. The number of rotatable bonds is 4. The van der Waals surface area contributed by atoms with E-state index in [0.717, 1.165) is 17.6 Å². The molecule has 2 aromatic rings. The molecule has 0 radical (unpaired) electrons. The van der Waals surface area contributed by atoms with Crippen LogP contribution in [0.2, 0.25) is 0 Å². The molecule has 2 heterocycles. The van der Waals surface area contributed by atoms with Gasteiger partial charge in [0.1, 0.15) is 5.00 Å². The van der Waals surface area contributed by atoms with Gasteiger partial charge in [0, 0.05) is 12.5 Å². The smallest absolute Gasteiger partial charge is 0.357 e. The van der Waals surface area contributed by atoms with E-state index in [1.54, 1.807) is 12.1 Å². The van der Waals surface area contributed by atoms with Crippen LogP contribution in [-0.2, 0) is 9.84 Å². The molecular weight excluding hydrogens is 292 g/mol. The van der Waals surface area contributed by atoms with Crippen LogP contribution < -0.4 is 5.32 Å². The third-order valence-electron chi connectivity index (χ3n) is 1.94. The first-order valence-electron chi connectivity index (χ1n) is 4.87. The highest BCUT2D eigenvalue weighted by Crippen LogP contribution is 2.29. The van der Waals surface area contributed by atoms with Gasteiger partial charge < -0.3 is 10.4 Å². The van der Waals surface area contributed by atoms with Gasteiger partial charge in [-0.2, -0.15) is 5.10 Å². The fourth-order valence-corrected chi connectivity index (χ4v) is 2.98. The van der Waals surface area contributed by atoms with Gasteiger partial charge in [-0.05, 0) is 12.1 Å². The molecule has 0 fully saturated rings. The Morgan fingerprint density at radius 2 is 2.21 bits per heavy atom. The Kier molecular flexibility index (Phi) is 3.44. The maximum Gasteiger partial charge on any atom is 0.357 e. The Hall–Kier alpha value is -2.07. The molecule has 0 aromatic carbocycles. The van der Waals surface area contributed by atoms with Crippen molar-refractivity contribution in [3.8, 4) is 0 Å². The van der Waals surface area contributed by atoms with E-state index in [1.165, 1.54) is 6.20 Å². The van der Waals surface area contributed by atoms with Crippen molar-refractivity contribution in [1.82, 2.24) is 15.2 Å². The largest absolute Gasteiger partial charge is 0.476 e. The third kappa shape index (κ3) is 3.03. The molecule has 0 saturated heterocycles. The fraction of sp³-hybridized carbons (Fsp3) is 0.111. The van der Waals surface area contributed by atoms with E-state index >= 15 is 0 Å². The number of carbonyl (C=O) groups is 1. The minimum absolute atomic E-state index is 0.0911. The lowest BCUT2D eigenvalue weighted by Gasteiger charge is -2.00. The number of thiazole rings is 1. The Balaban J connectivity index is 2.45. The Labute approximate surface area is 112 Å². The van der Waals surface area contributed by atoms with Gasteiger partial charge in [-0.1, -0.05) is 11.3 Å². The highest BCUT2D eigenvalue weighted by Gasteiger charge is 2.22. The molecule has 0 aliphatic rings. The van der Waals surface area contributed by atoms with Gasteiger partial charge in [0.25, 0.3) is 0 Å². The topological polar surface area (TPSA) is 122 Å². The molecule has 2 rings (SSSR count). The van der Waals surface area contributed by atoms with Gasteiger partial charge in [0.2, 0.25) is 14.2 Å². The van der Waals surface area contributed by atoms with Crippen molar-refractivity contribution >= 4 is 38.0 Å². The molecule has 0 bridgehead atoms. The summed E-state index contributed by atoms with van der Waals surface area (Å²) in [7, 11) is -3.56. The lowest BCUT2D eigenvalue weighted by atomic mass is 10.4. The number of anilines is 2. The molecule has 0 unspecified atom stereocenters. The molecule has 0 amide bonds. The van der Waals surface area contributed by atoms with E-state index in [1.807, 2.05) is 0 Å². The number of hydrogen-bond acceptors (Lipinski definition) is 8. The zero-order chi connectivity index (χ0) is 14.0. The number of sulfone groups is 1. The van der Waals surface area contributed by atoms with E-state index in [9.17, 15) is 13.2 Å². The predicted molar refractivity (Wildman–Crippen MR) is 67.5 cm³/mol. The summed E-state index contributed by atoms with van der Waals surface area (Å²) in [4.78, 5) is 14.6. The van der Waals surface area contributed by atoms with Crippen LogP contribution in [0.15, 0.2) is 22.7 Å². The second-order valence-electron chi connectivity index (χ2n) is 3.47. The average molecular weight is 300 g/mol. The number of carboxylic acids is 1. The number of nitrogens with one attached hydrogen (secondary N) is 1. The van der Waals surface area contributed by atoms with Crippen LogP contribution in [0.4, 0.5) is 10.8 Å². The van der Waals surface area contributed by atoms with Gasteiger partial charge in [0.15, 0.2) is 11.5 Å². The summed E-state index contributed by atoms with van der Waals surface area (Å²) < 4.78 is 22.5. The van der Waals surface area contributed by atoms with Gasteiger partial charge in [-0.25, -0.2) is 18.2 Å². The summed E-state index contributed by atoms with van der Waals surface area (Å²) >= 11 is 0.731. The molecule has 0 atom stereocenters. The maximum atomic E-state index is 11.4. The van der Waals surface area contributed by atoms with Crippen molar-refractivity contribution in [2.24, 2.45) is 0 Å². The van der Waals surface area contributed by atoms with E-state index in [0.29, 0.717) is 5.82 Å². The summed E-state index contributed by atoms with van der Waals surface area (Å²) in [5, 5.41) is 19.1. The standard InChI is InChI=1S/C9H8N4O4S2/c1-19(16,17)9-12-6(8(14)15)7(18-9)11-5-3-2-4-10-13-5/h2-4H,1H3,(H,11,13)(H,14,15). The van der Waals surface area contributed by atoms with Crippen molar-refractivity contribution in [3.63, 3.8) is 0 Å². The minimum Gasteiger partial charge on any atom is -0.476 e. The molecule has 0 aliphatic carbocycles. The Bertz CT molecular complexity index is 711. The third-order valence-corrected chi connectivity index (χ3v) is 4.59. The first-order valence-corrected chi connectivity index (χ1v) is 7.57. The molecule has 8 nitrogen and oxygen atoms in total. The van der Waals surface area contributed by atoms with E-state index in [2.05, 4.69) is 20.5 Å². The van der Waals surface area contributed by atoms with Gasteiger partial charge in [-0.3, -0.25) is 0 Å². The van der Waals surface area contributed by atoms with Crippen LogP contribution in [0.1, 0.15) is 10.5 Å². The Morgan fingerprint density at radius 3 is 2.74 bits per heavy atom. The summed E-state index contributed by atoms with van der Waals surface area (Å²) in [6, 6.07) is 3.17. The van der Waals surface area contributed by atoms with E-state index in [4.69, 9.17) is 5.11 Å². The number of aromatic nitrogens is 3. The molecule has 19 heavy (non-hydrogen) atoms. The second-order valence-corrected chi connectivity index (χ2v) is 6.66. The fourth-order valence-electron chi connectivity index (χ4n) is 1.17. The zero-order valence-corrected chi connectivity index (χ0v) is 11.2. The van der Waals surface area contributed by atoms with Gasteiger partial charge in [0.05, 0.1) is 0 Å². The summed E-state index contributed by atoms with van der Waals surface area (Å²) in [6.07, 6.45) is 2.42. The lowest BCUT2D eigenvalue weighted by molar-refractivity contribution is 0.0692. The summed E-state index contributed by atoms with van der Waals surface area (Å²) in [6.45, 7) is 0. The Morgan fingerprint density at radius 1 is 1.47 bits per heavy atom. The number of nitrogens with zero attached hydrogens (tertiary/aromatic N) is 3. The van der Waals surface area contributed by atoms with E-state index in [-0.39, 0.29) is 15.0 Å². The first kappa shape index (κ1) is 13.4. The van der Waals surface area contributed by atoms with Crippen LogP contribution in [0, 0.1) is 0 Å². The monoisotopic (exact) mass is 300 g/mol. The summed E-state index contributed by atoms with van der Waals surface area (Å²) in [5.41, 5.74) is -0.365. The number of aromatic carboxylic acids is 1. The van der Waals surface area contributed by atoms with Crippen molar-refractivity contribution in [1.29, 1.82) is 0 Å². The number of carboxylic acid groups (broad SMARTS) is 1. The minimum atomic E-state index is -3.56. The van der Waals surface area contributed by atoms with Crippen LogP contribution in [0.3, 0.4) is 0 Å². The lowest BCUT2D eigenvalue weighted by Crippen LogP contribution is -2.03. The second kappa shape index (κ2) is 4.90. The van der Waals surface area contributed by atoms with E-state index < -0.39 is 15.8 Å². The van der Waals surface area contributed by atoms with Gasteiger partial charge in [-0.15, -0.1) is 5.10 Å². The molecular formula is C9H8N4O4S2. The average Bonchev–Trinajstić information content (AvgIpc) is 2.74. The van der Waals surface area contributed by atoms with Crippen LogP contribution in [0.5, 0.6) is 0 Å². The van der Waals surface area contributed by atoms with Crippen molar-refractivity contribution in [3.05, 3.63) is 24.0 Å². The van der Waals surface area contributed by atoms with Crippen molar-refractivity contribution in [2.75, 3.05) is 11.6 Å². The molecule has 10 heteroatoms. The number of hydrogen-bond donors (Lipinski definition) is 2. The summed E-state index contributed by atoms with van der Waals surface area (Å²) in [5.74, 6) is -1.02. The zero-order valence-electron chi connectivity index (χ0n) is 9.56. The normalized spacial score (nSPS) is 11.2.